The minimum atomic E-state index is 0.187. The van der Waals surface area contributed by atoms with Gasteiger partial charge in [-0.3, -0.25) is 4.90 Å². The Hall–Kier alpha value is -0.120. The molecule has 0 bridgehead atoms. The number of nitrogens with zero attached hydrogens (tertiary/aromatic N) is 2. The SMILES string of the molecule is CC(C)(CN)N1CCC(N2CCCCC2)CC1. The fraction of sp³-hybridized carbons (Fsp3) is 1.00. The molecule has 0 unspecified atom stereocenters. The van der Waals surface area contributed by atoms with Crippen molar-refractivity contribution in [3.8, 4) is 0 Å². The summed E-state index contributed by atoms with van der Waals surface area (Å²) in [7, 11) is 0. The van der Waals surface area contributed by atoms with Gasteiger partial charge in [0, 0.05) is 31.2 Å². The first kappa shape index (κ1) is 13.3. The van der Waals surface area contributed by atoms with E-state index in [4.69, 9.17) is 5.73 Å². The predicted octanol–water partition coefficient (Wildman–Crippen LogP) is 1.67. The summed E-state index contributed by atoms with van der Waals surface area (Å²) in [5.41, 5.74) is 6.05. The molecule has 0 aliphatic carbocycles. The van der Waals surface area contributed by atoms with Gasteiger partial charge >= 0.3 is 0 Å². The van der Waals surface area contributed by atoms with Crippen LogP contribution in [0.25, 0.3) is 0 Å². The predicted molar refractivity (Wildman–Crippen MR) is 73.2 cm³/mol. The molecule has 2 aliphatic rings. The molecule has 2 fully saturated rings. The first-order valence-electron chi connectivity index (χ1n) is 7.33. The van der Waals surface area contributed by atoms with Crippen molar-refractivity contribution in [3.05, 3.63) is 0 Å². The Labute approximate surface area is 106 Å². The Morgan fingerprint density at radius 2 is 1.59 bits per heavy atom. The maximum absolute atomic E-state index is 5.86. The van der Waals surface area contributed by atoms with E-state index >= 15 is 0 Å². The van der Waals surface area contributed by atoms with Gasteiger partial charge in [-0.2, -0.15) is 0 Å². The largest absolute Gasteiger partial charge is 0.329 e. The molecule has 3 nitrogen and oxygen atoms in total. The zero-order valence-electron chi connectivity index (χ0n) is 11.6. The second-order valence-electron chi connectivity index (χ2n) is 6.33. The molecule has 0 spiro atoms. The highest BCUT2D eigenvalue weighted by atomic mass is 15.2. The first-order valence-corrected chi connectivity index (χ1v) is 7.33. The number of nitrogens with two attached hydrogens (primary N) is 1. The summed E-state index contributed by atoms with van der Waals surface area (Å²) < 4.78 is 0. The molecule has 0 aromatic carbocycles. The van der Waals surface area contributed by atoms with Crippen molar-refractivity contribution in [2.24, 2.45) is 5.73 Å². The second-order valence-corrected chi connectivity index (χ2v) is 6.33. The Kier molecular flexibility index (Phi) is 4.45. The van der Waals surface area contributed by atoms with Crippen molar-refractivity contribution < 1.29 is 0 Å². The molecule has 0 aromatic rings. The summed E-state index contributed by atoms with van der Waals surface area (Å²) in [4.78, 5) is 5.31. The lowest BCUT2D eigenvalue weighted by Crippen LogP contribution is -2.55. The molecular weight excluding hydrogens is 210 g/mol. The van der Waals surface area contributed by atoms with Crippen LogP contribution in [-0.4, -0.2) is 54.1 Å². The molecule has 17 heavy (non-hydrogen) atoms. The maximum atomic E-state index is 5.86. The third-order valence-corrected chi connectivity index (χ3v) is 4.73. The van der Waals surface area contributed by atoms with Crippen molar-refractivity contribution >= 4 is 0 Å². The quantitative estimate of drug-likeness (QED) is 0.813. The van der Waals surface area contributed by atoms with E-state index in [1.807, 2.05) is 0 Å². The van der Waals surface area contributed by atoms with Gasteiger partial charge in [0.1, 0.15) is 0 Å². The fourth-order valence-corrected chi connectivity index (χ4v) is 3.25. The highest BCUT2D eigenvalue weighted by Gasteiger charge is 2.31. The van der Waals surface area contributed by atoms with Crippen molar-refractivity contribution in [1.29, 1.82) is 0 Å². The Morgan fingerprint density at radius 3 is 2.12 bits per heavy atom. The molecule has 0 atom stereocenters. The minimum Gasteiger partial charge on any atom is -0.329 e. The van der Waals surface area contributed by atoms with E-state index in [2.05, 4.69) is 23.6 Å². The van der Waals surface area contributed by atoms with Gasteiger partial charge in [-0.15, -0.1) is 0 Å². The molecule has 2 N–H and O–H groups in total. The van der Waals surface area contributed by atoms with Gasteiger partial charge in [-0.1, -0.05) is 6.42 Å². The number of hydrogen-bond acceptors (Lipinski definition) is 3. The van der Waals surface area contributed by atoms with E-state index in [0.29, 0.717) is 0 Å². The molecule has 100 valence electrons. The topological polar surface area (TPSA) is 32.5 Å². The van der Waals surface area contributed by atoms with Gasteiger partial charge in [0.05, 0.1) is 0 Å². The number of piperidine rings is 2. The summed E-state index contributed by atoms with van der Waals surface area (Å²) in [6, 6.07) is 0.847. The van der Waals surface area contributed by atoms with Gasteiger partial charge in [0.2, 0.25) is 0 Å². The van der Waals surface area contributed by atoms with E-state index in [-0.39, 0.29) is 5.54 Å². The van der Waals surface area contributed by atoms with Gasteiger partial charge in [-0.25, -0.2) is 0 Å². The monoisotopic (exact) mass is 239 g/mol. The van der Waals surface area contributed by atoms with E-state index in [1.165, 1.54) is 58.3 Å². The number of likely N-dealkylation sites (tertiary alicyclic amines) is 2. The van der Waals surface area contributed by atoms with E-state index in [9.17, 15) is 0 Å². The van der Waals surface area contributed by atoms with E-state index in [1.54, 1.807) is 0 Å². The Bertz CT molecular complexity index is 226. The van der Waals surface area contributed by atoms with Gasteiger partial charge in [0.25, 0.3) is 0 Å². The average Bonchev–Trinajstić information content (AvgIpc) is 2.40. The smallest absolute Gasteiger partial charge is 0.0275 e. The highest BCUT2D eigenvalue weighted by Crippen LogP contribution is 2.24. The third kappa shape index (κ3) is 3.21. The minimum absolute atomic E-state index is 0.187. The lowest BCUT2D eigenvalue weighted by molar-refractivity contribution is 0.0449. The fourth-order valence-electron chi connectivity index (χ4n) is 3.25. The Morgan fingerprint density at radius 1 is 1.00 bits per heavy atom. The van der Waals surface area contributed by atoms with Gasteiger partial charge in [-0.05, 0) is 52.6 Å². The van der Waals surface area contributed by atoms with Crippen LogP contribution in [0.1, 0.15) is 46.0 Å². The van der Waals surface area contributed by atoms with Crippen molar-refractivity contribution in [1.82, 2.24) is 9.80 Å². The Balaban J connectivity index is 1.81. The lowest BCUT2D eigenvalue weighted by Gasteiger charge is -2.45. The lowest BCUT2D eigenvalue weighted by atomic mass is 9.94. The van der Waals surface area contributed by atoms with Crippen LogP contribution in [0.2, 0.25) is 0 Å². The first-order chi connectivity index (χ1) is 8.13. The standard InChI is InChI=1S/C14H29N3/c1-14(2,12-15)17-10-6-13(7-11-17)16-8-4-3-5-9-16/h13H,3-12,15H2,1-2H3. The zero-order valence-corrected chi connectivity index (χ0v) is 11.6. The van der Waals surface area contributed by atoms with Crippen LogP contribution >= 0.6 is 0 Å². The van der Waals surface area contributed by atoms with Crippen LogP contribution in [-0.2, 0) is 0 Å². The molecule has 0 radical (unpaired) electrons. The average molecular weight is 239 g/mol. The summed E-state index contributed by atoms with van der Waals surface area (Å²) >= 11 is 0. The number of hydrogen-bond donors (Lipinski definition) is 1. The molecule has 3 heteroatoms. The maximum Gasteiger partial charge on any atom is 0.0275 e. The normalized spacial score (nSPS) is 26.3. The van der Waals surface area contributed by atoms with Gasteiger partial charge in [0.15, 0.2) is 0 Å². The van der Waals surface area contributed by atoms with Crippen LogP contribution < -0.4 is 5.73 Å². The third-order valence-electron chi connectivity index (χ3n) is 4.73. The molecule has 0 saturated carbocycles. The summed E-state index contributed by atoms with van der Waals surface area (Å²) in [6.07, 6.45) is 6.94. The second kappa shape index (κ2) is 5.68. The summed E-state index contributed by atoms with van der Waals surface area (Å²) in [6.45, 7) is 10.4. The van der Waals surface area contributed by atoms with Crippen molar-refractivity contribution in [2.45, 2.75) is 57.5 Å². The molecular formula is C14H29N3. The molecule has 0 amide bonds. The molecule has 2 saturated heterocycles. The number of rotatable bonds is 3. The van der Waals surface area contributed by atoms with E-state index in [0.717, 1.165) is 12.6 Å². The zero-order chi connectivity index (χ0) is 12.3. The molecule has 2 heterocycles. The van der Waals surface area contributed by atoms with Crippen LogP contribution in [0.3, 0.4) is 0 Å². The van der Waals surface area contributed by atoms with Crippen LogP contribution in [0.15, 0.2) is 0 Å². The van der Waals surface area contributed by atoms with Crippen molar-refractivity contribution in [3.63, 3.8) is 0 Å². The highest BCUT2D eigenvalue weighted by molar-refractivity contribution is 4.89. The van der Waals surface area contributed by atoms with Gasteiger partial charge < -0.3 is 10.6 Å². The summed E-state index contributed by atoms with van der Waals surface area (Å²) in [5, 5.41) is 0. The van der Waals surface area contributed by atoms with Crippen LogP contribution in [0.5, 0.6) is 0 Å². The molecule has 2 aliphatic heterocycles. The van der Waals surface area contributed by atoms with Crippen molar-refractivity contribution in [2.75, 3.05) is 32.7 Å². The van der Waals surface area contributed by atoms with E-state index < -0.39 is 0 Å². The van der Waals surface area contributed by atoms with Crippen LogP contribution in [0, 0.1) is 0 Å². The molecule has 0 aromatic heterocycles. The van der Waals surface area contributed by atoms with Crippen LogP contribution in [0.4, 0.5) is 0 Å². The summed E-state index contributed by atoms with van der Waals surface area (Å²) in [5.74, 6) is 0. The molecule has 2 rings (SSSR count).